The van der Waals surface area contributed by atoms with E-state index >= 15 is 0 Å². The third-order valence-corrected chi connectivity index (χ3v) is 3.92. The number of nitrogens with zero attached hydrogens (tertiary/aromatic N) is 1. The molecule has 0 saturated carbocycles. The third-order valence-electron chi connectivity index (χ3n) is 3.92. The van der Waals surface area contributed by atoms with Gasteiger partial charge in [0.1, 0.15) is 11.5 Å². The fourth-order valence-electron chi connectivity index (χ4n) is 2.54. The number of ketones is 1. The Morgan fingerprint density at radius 3 is 1.92 bits per heavy atom. The van der Waals surface area contributed by atoms with Crippen LogP contribution in [0.15, 0.2) is 95.5 Å². The van der Waals surface area contributed by atoms with Crippen LogP contribution in [0, 0.1) is 6.92 Å². The molecular formula is C23H17NO2. The Balaban J connectivity index is 2.11. The number of carbonyl (C=O) groups is 1. The van der Waals surface area contributed by atoms with Crippen molar-refractivity contribution in [1.29, 1.82) is 0 Å². The summed E-state index contributed by atoms with van der Waals surface area (Å²) in [7, 11) is 0. The van der Waals surface area contributed by atoms with Crippen LogP contribution in [0.3, 0.4) is 0 Å². The van der Waals surface area contributed by atoms with Crippen molar-refractivity contribution in [3.8, 4) is 0 Å². The minimum Gasteiger partial charge on any atom is -0.288 e. The molecule has 0 aliphatic rings. The summed E-state index contributed by atoms with van der Waals surface area (Å²) in [6.45, 7) is 1.94. The Labute approximate surface area is 152 Å². The zero-order valence-corrected chi connectivity index (χ0v) is 14.3. The number of hydrogen-bond acceptors (Lipinski definition) is 3. The molecule has 0 aromatic heterocycles. The number of rotatable bonds is 5. The number of aryl methyl sites for hydroxylation is 1. The molecule has 26 heavy (non-hydrogen) atoms. The molecule has 0 bridgehead atoms. The summed E-state index contributed by atoms with van der Waals surface area (Å²) >= 11 is 0. The van der Waals surface area contributed by atoms with E-state index in [4.69, 9.17) is 0 Å². The molecule has 0 amide bonds. The summed E-state index contributed by atoms with van der Waals surface area (Å²) in [5.74, 6) is 1.43. The van der Waals surface area contributed by atoms with Crippen molar-refractivity contribution < 1.29 is 9.59 Å². The number of Topliss-reactive ketones (excluding diaryl/α,β-unsaturated/α-hetero) is 1. The average molecular weight is 339 g/mol. The van der Waals surface area contributed by atoms with Gasteiger partial charge in [0.25, 0.3) is 0 Å². The summed E-state index contributed by atoms with van der Waals surface area (Å²) in [5, 5.41) is 0. The molecule has 0 radical (unpaired) electrons. The molecule has 3 aromatic carbocycles. The Kier molecular flexibility index (Phi) is 5.33. The van der Waals surface area contributed by atoms with Gasteiger partial charge in [-0.2, -0.15) is 0 Å². The lowest BCUT2D eigenvalue weighted by atomic mass is 9.95. The quantitative estimate of drug-likeness (QED) is 0.291. The minimum absolute atomic E-state index is 0.0797. The maximum atomic E-state index is 12.9. The van der Waals surface area contributed by atoms with Gasteiger partial charge in [-0.25, -0.2) is 9.79 Å². The average Bonchev–Trinajstić information content (AvgIpc) is 2.69. The molecule has 0 unspecified atom stereocenters. The van der Waals surface area contributed by atoms with Crippen molar-refractivity contribution in [3.63, 3.8) is 0 Å². The molecule has 126 valence electrons. The third kappa shape index (κ3) is 3.92. The molecule has 3 rings (SSSR count). The fourth-order valence-corrected chi connectivity index (χ4v) is 2.54. The monoisotopic (exact) mass is 339 g/mol. The van der Waals surface area contributed by atoms with Crippen molar-refractivity contribution in [2.75, 3.05) is 0 Å². The van der Waals surface area contributed by atoms with Crippen LogP contribution < -0.4 is 0 Å². The van der Waals surface area contributed by atoms with Crippen LogP contribution >= 0.6 is 0 Å². The molecule has 0 N–H and O–H groups in total. The predicted octanol–water partition coefficient (Wildman–Crippen LogP) is 4.76. The van der Waals surface area contributed by atoms with Gasteiger partial charge in [0.2, 0.25) is 5.78 Å². The van der Waals surface area contributed by atoms with Crippen LogP contribution in [0.25, 0.3) is 0 Å². The second kappa shape index (κ2) is 8.02. The first-order chi connectivity index (χ1) is 12.7. The van der Waals surface area contributed by atoms with E-state index in [9.17, 15) is 9.59 Å². The van der Waals surface area contributed by atoms with Gasteiger partial charge < -0.3 is 0 Å². The van der Waals surface area contributed by atoms with Gasteiger partial charge >= 0.3 is 0 Å². The van der Waals surface area contributed by atoms with Crippen molar-refractivity contribution in [1.82, 2.24) is 0 Å². The Morgan fingerprint density at radius 2 is 1.35 bits per heavy atom. The lowest BCUT2D eigenvalue weighted by Crippen LogP contribution is -2.15. The van der Waals surface area contributed by atoms with E-state index in [1.807, 2.05) is 85.7 Å². The van der Waals surface area contributed by atoms with Crippen molar-refractivity contribution >= 4 is 23.1 Å². The van der Waals surface area contributed by atoms with E-state index in [2.05, 4.69) is 4.99 Å². The predicted molar refractivity (Wildman–Crippen MR) is 104 cm³/mol. The van der Waals surface area contributed by atoms with E-state index in [0.29, 0.717) is 22.5 Å². The highest BCUT2D eigenvalue weighted by Gasteiger charge is 2.21. The van der Waals surface area contributed by atoms with Crippen molar-refractivity contribution in [2.45, 2.75) is 6.92 Å². The van der Waals surface area contributed by atoms with Crippen LogP contribution in [0.2, 0.25) is 0 Å². The smallest absolute Gasteiger partial charge is 0.206 e. The maximum absolute atomic E-state index is 12.9. The highest BCUT2D eigenvalue weighted by Crippen LogP contribution is 2.19. The van der Waals surface area contributed by atoms with Gasteiger partial charge in [0, 0.05) is 11.1 Å². The second-order valence-electron chi connectivity index (χ2n) is 5.83. The van der Waals surface area contributed by atoms with E-state index in [-0.39, 0.29) is 5.57 Å². The van der Waals surface area contributed by atoms with Crippen molar-refractivity contribution in [3.05, 3.63) is 107 Å². The topological polar surface area (TPSA) is 46.5 Å². The molecule has 0 fully saturated rings. The number of carbonyl (C=O) groups excluding carboxylic acids is 2. The van der Waals surface area contributed by atoms with Gasteiger partial charge in [0.05, 0.1) is 11.4 Å². The summed E-state index contributed by atoms with van der Waals surface area (Å²) in [4.78, 5) is 29.2. The van der Waals surface area contributed by atoms with Crippen LogP contribution in [0.4, 0.5) is 5.69 Å². The number of hydrogen-bond donors (Lipinski definition) is 0. The van der Waals surface area contributed by atoms with Crippen LogP contribution in [-0.2, 0) is 4.79 Å². The lowest BCUT2D eigenvalue weighted by Gasteiger charge is -2.09. The molecular weight excluding hydrogens is 322 g/mol. The van der Waals surface area contributed by atoms with Gasteiger partial charge in [0.15, 0.2) is 0 Å². The first-order valence-electron chi connectivity index (χ1n) is 8.25. The van der Waals surface area contributed by atoms with Gasteiger partial charge in [-0.15, -0.1) is 0 Å². The SMILES string of the molecule is Cc1ccc(C(=O)C(=C=O)C(=Nc2ccccc2)c2ccccc2)cc1. The molecule has 3 nitrogen and oxygen atoms in total. The second-order valence-corrected chi connectivity index (χ2v) is 5.83. The zero-order chi connectivity index (χ0) is 18.4. The normalized spacial score (nSPS) is 10.9. The molecule has 3 heteroatoms. The number of allylic oxidation sites excluding steroid dienone is 1. The van der Waals surface area contributed by atoms with E-state index in [1.54, 1.807) is 12.1 Å². The number of benzene rings is 3. The highest BCUT2D eigenvalue weighted by atomic mass is 16.1. The molecule has 0 atom stereocenters. The Bertz CT molecular complexity index is 981. The molecule has 0 spiro atoms. The highest BCUT2D eigenvalue weighted by molar-refractivity contribution is 6.37. The van der Waals surface area contributed by atoms with E-state index in [0.717, 1.165) is 5.56 Å². The number of para-hydroxylation sites is 1. The first kappa shape index (κ1) is 17.3. The largest absolute Gasteiger partial charge is 0.288 e. The zero-order valence-electron chi connectivity index (χ0n) is 14.3. The molecule has 0 aliphatic carbocycles. The molecule has 0 aliphatic heterocycles. The van der Waals surface area contributed by atoms with E-state index in [1.165, 1.54) is 0 Å². The van der Waals surface area contributed by atoms with Gasteiger partial charge in [-0.05, 0) is 19.1 Å². The number of aliphatic imine (C=N–C) groups is 1. The Morgan fingerprint density at radius 1 is 0.769 bits per heavy atom. The molecule has 0 saturated heterocycles. The van der Waals surface area contributed by atoms with Gasteiger partial charge in [-0.1, -0.05) is 78.4 Å². The minimum atomic E-state index is -0.390. The van der Waals surface area contributed by atoms with Crippen molar-refractivity contribution in [2.24, 2.45) is 4.99 Å². The first-order valence-corrected chi connectivity index (χ1v) is 8.25. The Hall–Kier alpha value is -3.55. The molecule has 0 heterocycles. The lowest BCUT2D eigenvalue weighted by molar-refractivity contribution is 0.104. The fraction of sp³-hybridized carbons (Fsp3) is 0.0435. The summed E-state index contributed by atoms with van der Waals surface area (Å²) in [6, 6.07) is 25.5. The van der Waals surface area contributed by atoms with E-state index < -0.39 is 5.78 Å². The summed E-state index contributed by atoms with van der Waals surface area (Å²) < 4.78 is 0. The van der Waals surface area contributed by atoms with Crippen LogP contribution in [-0.4, -0.2) is 17.4 Å². The maximum Gasteiger partial charge on any atom is 0.206 e. The van der Waals surface area contributed by atoms with Crippen LogP contribution in [0.1, 0.15) is 21.5 Å². The molecule has 3 aromatic rings. The standard InChI is InChI=1S/C23H17NO2/c1-17-12-14-19(15-13-17)23(26)21(16-25)22(18-8-4-2-5-9-18)24-20-10-6-3-7-11-20/h2-15H,1H3. The summed E-state index contributed by atoms with van der Waals surface area (Å²) in [5.41, 5.74) is 3.07. The van der Waals surface area contributed by atoms with Crippen LogP contribution in [0.5, 0.6) is 0 Å². The van der Waals surface area contributed by atoms with Gasteiger partial charge in [-0.3, -0.25) is 4.79 Å². The summed E-state index contributed by atoms with van der Waals surface area (Å²) in [6.07, 6.45) is 0.